The van der Waals surface area contributed by atoms with Gasteiger partial charge in [-0.15, -0.1) is 0 Å². The largest absolute Gasteiger partial charge is 0.354 e. The molecule has 0 saturated carbocycles. The average Bonchev–Trinajstić information content (AvgIpc) is 2.26. The Kier molecular flexibility index (Phi) is 6.28. The maximum absolute atomic E-state index is 12.3. The first-order valence-corrected chi connectivity index (χ1v) is 7.15. The topological polar surface area (TPSA) is 52.7 Å². The Balaban J connectivity index is 2.52. The van der Waals surface area contributed by atoms with Gasteiger partial charge >= 0.3 is 0 Å². The standard InChI is InChI=1S/C14H27N3O2/c1-11(2)7-17(8-12(3)4)14(19)10-16-6-5-15-13(18)9-16/h11-12H,5-10H2,1-4H3,(H,15,18). The van der Waals surface area contributed by atoms with Crippen LogP contribution in [0.15, 0.2) is 0 Å². The van der Waals surface area contributed by atoms with Gasteiger partial charge in [0, 0.05) is 26.2 Å². The van der Waals surface area contributed by atoms with Crippen molar-refractivity contribution in [1.29, 1.82) is 0 Å². The first-order valence-electron chi connectivity index (χ1n) is 7.15. The number of carbonyl (C=O) groups is 2. The van der Waals surface area contributed by atoms with Crippen molar-refractivity contribution in [3.8, 4) is 0 Å². The summed E-state index contributed by atoms with van der Waals surface area (Å²) in [5, 5.41) is 2.77. The molecule has 0 radical (unpaired) electrons. The zero-order valence-electron chi connectivity index (χ0n) is 12.6. The van der Waals surface area contributed by atoms with Crippen LogP contribution >= 0.6 is 0 Å². The highest BCUT2D eigenvalue weighted by Crippen LogP contribution is 2.06. The summed E-state index contributed by atoms with van der Waals surface area (Å²) >= 11 is 0. The third kappa shape index (κ3) is 6.05. The molecule has 1 aliphatic heterocycles. The molecule has 0 aromatic heterocycles. The predicted octanol–water partition coefficient (Wildman–Crippen LogP) is 0.559. The normalized spacial score (nSPS) is 16.8. The van der Waals surface area contributed by atoms with E-state index in [9.17, 15) is 9.59 Å². The number of piperazine rings is 1. The van der Waals surface area contributed by atoms with Gasteiger partial charge in [0.05, 0.1) is 13.1 Å². The number of rotatable bonds is 6. The monoisotopic (exact) mass is 269 g/mol. The van der Waals surface area contributed by atoms with E-state index in [0.717, 1.165) is 19.6 Å². The molecule has 5 nitrogen and oxygen atoms in total. The van der Waals surface area contributed by atoms with Crippen molar-refractivity contribution in [3.63, 3.8) is 0 Å². The summed E-state index contributed by atoms with van der Waals surface area (Å²) < 4.78 is 0. The molecule has 110 valence electrons. The van der Waals surface area contributed by atoms with E-state index in [1.54, 1.807) is 0 Å². The van der Waals surface area contributed by atoms with Gasteiger partial charge < -0.3 is 10.2 Å². The molecule has 0 aromatic rings. The van der Waals surface area contributed by atoms with Crippen LogP contribution in [0.2, 0.25) is 0 Å². The molecule has 0 bridgehead atoms. The van der Waals surface area contributed by atoms with E-state index < -0.39 is 0 Å². The molecule has 1 N–H and O–H groups in total. The van der Waals surface area contributed by atoms with E-state index in [2.05, 4.69) is 33.0 Å². The molecule has 1 rings (SSSR count). The van der Waals surface area contributed by atoms with E-state index in [4.69, 9.17) is 0 Å². The van der Waals surface area contributed by atoms with Crippen LogP contribution < -0.4 is 5.32 Å². The van der Waals surface area contributed by atoms with Crippen molar-refractivity contribution in [3.05, 3.63) is 0 Å². The van der Waals surface area contributed by atoms with Gasteiger partial charge in [0.25, 0.3) is 0 Å². The van der Waals surface area contributed by atoms with Crippen LogP contribution in [0.25, 0.3) is 0 Å². The SMILES string of the molecule is CC(C)CN(CC(C)C)C(=O)CN1CCNC(=O)C1. The van der Waals surface area contributed by atoms with Crippen molar-refractivity contribution in [1.82, 2.24) is 15.1 Å². The Morgan fingerprint density at radius 3 is 2.32 bits per heavy atom. The molecule has 0 aliphatic carbocycles. The highest BCUT2D eigenvalue weighted by molar-refractivity contribution is 5.81. The minimum atomic E-state index is 0.0123. The molecule has 0 atom stereocenters. The third-order valence-electron chi connectivity index (χ3n) is 3.00. The van der Waals surface area contributed by atoms with Crippen LogP contribution in [0.4, 0.5) is 0 Å². The van der Waals surface area contributed by atoms with Crippen LogP contribution in [0, 0.1) is 11.8 Å². The molecule has 0 aromatic carbocycles. The fourth-order valence-corrected chi connectivity index (χ4v) is 2.28. The summed E-state index contributed by atoms with van der Waals surface area (Å²) in [6, 6.07) is 0. The van der Waals surface area contributed by atoms with Gasteiger partial charge in [-0.3, -0.25) is 14.5 Å². The summed E-state index contributed by atoms with van der Waals surface area (Å²) in [5.74, 6) is 1.08. The fourth-order valence-electron chi connectivity index (χ4n) is 2.28. The molecule has 5 heteroatoms. The van der Waals surface area contributed by atoms with E-state index in [-0.39, 0.29) is 11.8 Å². The van der Waals surface area contributed by atoms with Gasteiger partial charge in [0.15, 0.2) is 0 Å². The minimum absolute atomic E-state index is 0.0123. The van der Waals surface area contributed by atoms with Crippen molar-refractivity contribution in [2.75, 3.05) is 39.3 Å². The quantitative estimate of drug-likeness (QED) is 0.766. The van der Waals surface area contributed by atoms with Crippen molar-refractivity contribution in [2.45, 2.75) is 27.7 Å². The zero-order chi connectivity index (χ0) is 14.4. The first kappa shape index (κ1) is 16.0. The van der Waals surface area contributed by atoms with Crippen LogP contribution in [-0.4, -0.2) is 60.9 Å². The van der Waals surface area contributed by atoms with E-state index in [0.29, 0.717) is 31.5 Å². The predicted molar refractivity (Wildman–Crippen MR) is 75.7 cm³/mol. The van der Waals surface area contributed by atoms with Crippen LogP contribution in [-0.2, 0) is 9.59 Å². The molecular formula is C14H27N3O2. The maximum Gasteiger partial charge on any atom is 0.236 e. The number of carbonyl (C=O) groups excluding carboxylic acids is 2. The Labute approximate surface area is 116 Å². The molecule has 2 amide bonds. The molecule has 1 saturated heterocycles. The Hall–Kier alpha value is -1.10. The second-order valence-corrected chi connectivity index (χ2v) is 6.15. The first-order chi connectivity index (χ1) is 8.88. The number of hydrogen-bond donors (Lipinski definition) is 1. The molecule has 19 heavy (non-hydrogen) atoms. The smallest absolute Gasteiger partial charge is 0.236 e. The summed E-state index contributed by atoms with van der Waals surface area (Å²) in [4.78, 5) is 27.5. The highest BCUT2D eigenvalue weighted by Gasteiger charge is 2.22. The maximum atomic E-state index is 12.3. The molecule has 1 aliphatic rings. The summed E-state index contributed by atoms with van der Waals surface area (Å²) in [7, 11) is 0. The second kappa shape index (κ2) is 7.48. The Bertz CT molecular complexity index is 306. The summed E-state index contributed by atoms with van der Waals surface area (Å²) in [6.07, 6.45) is 0. The van der Waals surface area contributed by atoms with Crippen molar-refractivity contribution >= 4 is 11.8 Å². The van der Waals surface area contributed by atoms with Gasteiger partial charge in [-0.25, -0.2) is 0 Å². The van der Waals surface area contributed by atoms with Crippen LogP contribution in [0.3, 0.4) is 0 Å². The lowest BCUT2D eigenvalue weighted by molar-refractivity contribution is -0.134. The lowest BCUT2D eigenvalue weighted by atomic mass is 10.1. The summed E-state index contributed by atoms with van der Waals surface area (Å²) in [6.45, 7) is 12.1. The number of nitrogens with zero attached hydrogens (tertiary/aromatic N) is 2. The second-order valence-electron chi connectivity index (χ2n) is 6.15. The Morgan fingerprint density at radius 1 is 1.26 bits per heavy atom. The van der Waals surface area contributed by atoms with Gasteiger partial charge in [-0.2, -0.15) is 0 Å². The number of hydrogen-bond acceptors (Lipinski definition) is 3. The minimum Gasteiger partial charge on any atom is -0.354 e. The molecular weight excluding hydrogens is 242 g/mol. The molecule has 0 spiro atoms. The van der Waals surface area contributed by atoms with Gasteiger partial charge in [-0.1, -0.05) is 27.7 Å². The fraction of sp³-hybridized carbons (Fsp3) is 0.857. The van der Waals surface area contributed by atoms with Crippen molar-refractivity contribution < 1.29 is 9.59 Å². The van der Waals surface area contributed by atoms with E-state index in [1.807, 2.05) is 9.80 Å². The van der Waals surface area contributed by atoms with E-state index in [1.165, 1.54) is 0 Å². The van der Waals surface area contributed by atoms with Crippen LogP contribution in [0.5, 0.6) is 0 Å². The highest BCUT2D eigenvalue weighted by atomic mass is 16.2. The van der Waals surface area contributed by atoms with Gasteiger partial charge in [0.1, 0.15) is 0 Å². The lowest BCUT2D eigenvalue weighted by Gasteiger charge is -2.31. The molecule has 0 unspecified atom stereocenters. The van der Waals surface area contributed by atoms with E-state index >= 15 is 0 Å². The molecule has 1 heterocycles. The van der Waals surface area contributed by atoms with Gasteiger partial charge in [-0.05, 0) is 11.8 Å². The summed E-state index contributed by atoms with van der Waals surface area (Å²) in [5.41, 5.74) is 0. The van der Waals surface area contributed by atoms with Crippen molar-refractivity contribution in [2.24, 2.45) is 11.8 Å². The lowest BCUT2D eigenvalue weighted by Crippen LogP contribution is -2.51. The molecule has 1 fully saturated rings. The average molecular weight is 269 g/mol. The zero-order valence-corrected chi connectivity index (χ0v) is 12.6. The Morgan fingerprint density at radius 2 is 1.84 bits per heavy atom. The van der Waals surface area contributed by atoms with Crippen LogP contribution in [0.1, 0.15) is 27.7 Å². The van der Waals surface area contributed by atoms with Gasteiger partial charge in [0.2, 0.25) is 11.8 Å². The number of nitrogens with one attached hydrogen (secondary N) is 1. The third-order valence-corrected chi connectivity index (χ3v) is 3.00. The number of amides is 2.